The van der Waals surface area contributed by atoms with Gasteiger partial charge >= 0.3 is 5.97 Å². The van der Waals surface area contributed by atoms with Crippen LogP contribution in [0.5, 0.6) is 0 Å². The lowest BCUT2D eigenvalue weighted by atomic mass is 10.4. The SMILES string of the molecule is CCCNC(=O)CN(C)C(=O)CNCCC(=O)OCC. The van der Waals surface area contributed by atoms with Crippen LogP contribution in [0, 0.1) is 0 Å². The quantitative estimate of drug-likeness (QED) is 0.418. The summed E-state index contributed by atoms with van der Waals surface area (Å²) in [6.07, 6.45) is 1.08. The number of esters is 1. The zero-order valence-electron chi connectivity index (χ0n) is 12.5. The Kier molecular flexibility index (Phi) is 10.3. The minimum Gasteiger partial charge on any atom is -0.466 e. The van der Waals surface area contributed by atoms with Gasteiger partial charge in [-0.2, -0.15) is 0 Å². The van der Waals surface area contributed by atoms with Gasteiger partial charge in [-0.1, -0.05) is 6.92 Å². The van der Waals surface area contributed by atoms with Crippen molar-refractivity contribution in [3.05, 3.63) is 0 Å². The van der Waals surface area contributed by atoms with Crippen LogP contribution in [0.3, 0.4) is 0 Å². The first-order valence-electron chi connectivity index (χ1n) is 6.88. The second-order valence-electron chi connectivity index (χ2n) is 4.33. The Bertz CT molecular complexity index is 321. The average molecular weight is 287 g/mol. The van der Waals surface area contributed by atoms with E-state index >= 15 is 0 Å². The second kappa shape index (κ2) is 11.2. The average Bonchev–Trinajstić information content (AvgIpc) is 2.41. The minimum absolute atomic E-state index is 0.0401. The van der Waals surface area contributed by atoms with E-state index in [1.807, 2.05) is 6.92 Å². The summed E-state index contributed by atoms with van der Waals surface area (Å²) >= 11 is 0. The fourth-order valence-corrected chi connectivity index (χ4v) is 1.38. The third-order valence-corrected chi connectivity index (χ3v) is 2.47. The highest BCUT2D eigenvalue weighted by Crippen LogP contribution is 1.87. The van der Waals surface area contributed by atoms with E-state index < -0.39 is 0 Å². The van der Waals surface area contributed by atoms with Gasteiger partial charge in [-0.25, -0.2) is 0 Å². The van der Waals surface area contributed by atoms with Crippen LogP contribution in [0.4, 0.5) is 0 Å². The van der Waals surface area contributed by atoms with Crippen LogP contribution in [0.25, 0.3) is 0 Å². The highest BCUT2D eigenvalue weighted by Gasteiger charge is 2.12. The fourth-order valence-electron chi connectivity index (χ4n) is 1.38. The molecular weight excluding hydrogens is 262 g/mol. The normalized spacial score (nSPS) is 9.95. The lowest BCUT2D eigenvalue weighted by Gasteiger charge is -2.17. The molecule has 0 aliphatic carbocycles. The van der Waals surface area contributed by atoms with Crippen molar-refractivity contribution in [3.8, 4) is 0 Å². The van der Waals surface area contributed by atoms with Crippen molar-refractivity contribution < 1.29 is 19.1 Å². The molecule has 0 heterocycles. The molecule has 0 aliphatic heterocycles. The molecule has 0 rings (SSSR count). The van der Waals surface area contributed by atoms with E-state index in [4.69, 9.17) is 4.74 Å². The Hall–Kier alpha value is -1.63. The van der Waals surface area contributed by atoms with Gasteiger partial charge in [0.2, 0.25) is 11.8 Å². The van der Waals surface area contributed by atoms with Crippen molar-refractivity contribution in [1.82, 2.24) is 15.5 Å². The number of amides is 2. The highest BCUT2D eigenvalue weighted by molar-refractivity contribution is 5.85. The number of rotatable bonds is 10. The number of carbonyl (C=O) groups excluding carboxylic acids is 3. The molecule has 0 unspecified atom stereocenters. The Morgan fingerprint density at radius 2 is 1.85 bits per heavy atom. The van der Waals surface area contributed by atoms with E-state index in [2.05, 4.69) is 10.6 Å². The molecule has 0 aromatic heterocycles. The van der Waals surface area contributed by atoms with Crippen LogP contribution in [0.15, 0.2) is 0 Å². The molecule has 2 N–H and O–H groups in total. The summed E-state index contributed by atoms with van der Waals surface area (Å²) < 4.78 is 4.76. The van der Waals surface area contributed by atoms with Crippen molar-refractivity contribution in [1.29, 1.82) is 0 Å². The maximum absolute atomic E-state index is 11.7. The maximum atomic E-state index is 11.7. The Morgan fingerprint density at radius 3 is 2.45 bits per heavy atom. The van der Waals surface area contributed by atoms with Crippen LogP contribution >= 0.6 is 0 Å². The standard InChI is InChI=1S/C13H25N3O4/c1-4-7-15-11(17)10-16(3)12(18)9-14-8-6-13(19)20-5-2/h14H,4-10H2,1-3H3,(H,15,17). The first kappa shape index (κ1) is 18.4. The summed E-state index contributed by atoms with van der Waals surface area (Å²) in [6.45, 7) is 5.18. The van der Waals surface area contributed by atoms with Gasteiger partial charge in [0.05, 0.1) is 26.1 Å². The molecule has 116 valence electrons. The maximum Gasteiger partial charge on any atom is 0.307 e. The molecular formula is C13H25N3O4. The van der Waals surface area contributed by atoms with E-state index in [9.17, 15) is 14.4 Å². The summed E-state index contributed by atoms with van der Waals surface area (Å²) in [7, 11) is 1.57. The van der Waals surface area contributed by atoms with Crippen LogP contribution in [0.1, 0.15) is 26.7 Å². The molecule has 0 atom stereocenters. The zero-order valence-corrected chi connectivity index (χ0v) is 12.5. The lowest BCUT2D eigenvalue weighted by Crippen LogP contribution is -2.42. The molecule has 2 amide bonds. The molecule has 0 fully saturated rings. The zero-order chi connectivity index (χ0) is 15.4. The number of hydrogen-bond donors (Lipinski definition) is 2. The van der Waals surface area contributed by atoms with Crippen molar-refractivity contribution in [3.63, 3.8) is 0 Å². The molecule has 0 saturated carbocycles. The monoisotopic (exact) mass is 287 g/mol. The third-order valence-electron chi connectivity index (χ3n) is 2.47. The first-order chi connectivity index (χ1) is 9.51. The topological polar surface area (TPSA) is 87.7 Å². The predicted octanol–water partition coefficient (Wildman–Crippen LogP) is -0.486. The minimum atomic E-state index is -0.292. The molecule has 0 saturated heterocycles. The Labute approximate surface area is 120 Å². The number of likely N-dealkylation sites (N-methyl/N-ethyl adjacent to an activating group) is 1. The third kappa shape index (κ3) is 9.32. The summed E-state index contributed by atoms with van der Waals surface area (Å²) in [5.41, 5.74) is 0. The molecule has 7 nitrogen and oxygen atoms in total. The van der Waals surface area contributed by atoms with E-state index in [-0.39, 0.29) is 37.3 Å². The predicted molar refractivity (Wildman–Crippen MR) is 75.1 cm³/mol. The number of nitrogens with zero attached hydrogens (tertiary/aromatic N) is 1. The number of hydrogen-bond acceptors (Lipinski definition) is 5. The van der Waals surface area contributed by atoms with Gasteiger partial charge < -0.3 is 20.3 Å². The summed E-state index contributed by atoms with van der Waals surface area (Å²) in [5, 5.41) is 5.55. The van der Waals surface area contributed by atoms with Crippen LogP contribution in [0.2, 0.25) is 0 Å². The van der Waals surface area contributed by atoms with Crippen LogP contribution < -0.4 is 10.6 Å². The largest absolute Gasteiger partial charge is 0.466 e. The number of ether oxygens (including phenoxy) is 1. The van der Waals surface area contributed by atoms with Gasteiger partial charge in [-0.3, -0.25) is 14.4 Å². The van der Waals surface area contributed by atoms with Crippen LogP contribution in [-0.4, -0.2) is 62.5 Å². The molecule has 20 heavy (non-hydrogen) atoms. The summed E-state index contributed by atoms with van der Waals surface area (Å²) in [4.78, 5) is 35.5. The van der Waals surface area contributed by atoms with E-state index in [0.29, 0.717) is 19.7 Å². The van der Waals surface area contributed by atoms with Crippen molar-refractivity contribution in [2.75, 3.05) is 39.8 Å². The van der Waals surface area contributed by atoms with E-state index in [1.54, 1.807) is 14.0 Å². The van der Waals surface area contributed by atoms with Gasteiger partial charge in [-0.15, -0.1) is 0 Å². The lowest BCUT2D eigenvalue weighted by molar-refractivity contribution is -0.143. The molecule has 0 aliphatic rings. The highest BCUT2D eigenvalue weighted by atomic mass is 16.5. The molecule has 7 heteroatoms. The van der Waals surface area contributed by atoms with Gasteiger partial charge in [0.15, 0.2) is 0 Å². The summed E-state index contributed by atoms with van der Waals surface area (Å²) in [5.74, 6) is -0.658. The molecule has 0 radical (unpaired) electrons. The Morgan fingerprint density at radius 1 is 1.15 bits per heavy atom. The van der Waals surface area contributed by atoms with Gasteiger partial charge in [0.1, 0.15) is 0 Å². The van der Waals surface area contributed by atoms with Gasteiger partial charge in [0.25, 0.3) is 0 Å². The van der Waals surface area contributed by atoms with Crippen molar-refractivity contribution in [2.45, 2.75) is 26.7 Å². The van der Waals surface area contributed by atoms with Crippen molar-refractivity contribution in [2.24, 2.45) is 0 Å². The smallest absolute Gasteiger partial charge is 0.307 e. The van der Waals surface area contributed by atoms with Gasteiger partial charge in [-0.05, 0) is 13.3 Å². The summed E-state index contributed by atoms with van der Waals surface area (Å²) in [6, 6.07) is 0. The fraction of sp³-hybridized carbons (Fsp3) is 0.769. The first-order valence-corrected chi connectivity index (χ1v) is 6.88. The Balaban J connectivity index is 3.74. The van der Waals surface area contributed by atoms with Crippen molar-refractivity contribution >= 4 is 17.8 Å². The van der Waals surface area contributed by atoms with E-state index in [0.717, 1.165) is 6.42 Å². The molecule has 0 bridgehead atoms. The van der Waals surface area contributed by atoms with Crippen LogP contribution in [-0.2, 0) is 19.1 Å². The van der Waals surface area contributed by atoms with E-state index in [1.165, 1.54) is 4.90 Å². The second-order valence-corrected chi connectivity index (χ2v) is 4.33. The molecule has 0 aromatic rings. The van der Waals surface area contributed by atoms with Gasteiger partial charge in [0, 0.05) is 20.1 Å². The number of nitrogens with one attached hydrogen (secondary N) is 2. The number of carbonyl (C=O) groups is 3. The molecule has 0 spiro atoms. The molecule has 0 aromatic carbocycles.